The van der Waals surface area contributed by atoms with E-state index in [0.717, 1.165) is 55.0 Å². The Kier molecular flexibility index (Phi) is 5.55. The Hall–Kier alpha value is -3.00. The fourth-order valence-corrected chi connectivity index (χ4v) is 4.65. The Morgan fingerprint density at radius 2 is 1.94 bits per heavy atom. The molecule has 1 unspecified atom stereocenters. The number of likely N-dealkylation sites (tertiary alicyclic amines) is 1. The number of imidazole rings is 1. The largest absolute Gasteiger partial charge is 0.301 e. The van der Waals surface area contributed by atoms with E-state index in [1.54, 1.807) is 4.52 Å². The molecule has 0 spiro atoms. The van der Waals surface area contributed by atoms with Gasteiger partial charge in [0.2, 0.25) is 0 Å². The fourth-order valence-electron chi connectivity index (χ4n) is 4.65. The molecule has 3 aromatic heterocycles. The molecule has 0 radical (unpaired) electrons. The summed E-state index contributed by atoms with van der Waals surface area (Å²) in [7, 11) is 0. The minimum absolute atomic E-state index is 0.215. The van der Waals surface area contributed by atoms with Gasteiger partial charge in [-0.1, -0.05) is 0 Å². The number of hydrogen-bond donors (Lipinski definition) is 0. The minimum atomic E-state index is -0.331. The van der Waals surface area contributed by atoms with Crippen LogP contribution in [0.1, 0.15) is 42.1 Å². The summed E-state index contributed by atoms with van der Waals surface area (Å²) in [6, 6.07) is 7.10. The molecule has 8 heteroatoms. The first-order valence-electron chi connectivity index (χ1n) is 11.1. The van der Waals surface area contributed by atoms with E-state index in [4.69, 9.17) is 0 Å². The Morgan fingerprint density at radius 1 is 1.06 bits per heavy atom. The van der Waals surface area contributed by atoms with Gasteiger partial charge in [0.25, 0.3) is 0 Å². The van der Waals surface area contributed by atoms with Gasteiger partial charge in [0.05, 0.1) is 28.8 Å². The predicted molar refractivity (Wildman–Crippen MR) is 120 cm³/mol. The van der Waals surface area contributed by atoms with Gasteiger partial charge < -0.3 is 4.90 Å². The number of fused-ring (bicyclic) bond motifs is 2. The van der Waals surface area contributed by atoms with Crippen molar-refractivity contribution in [2.24, 2.45) is 0 Å². The molecule has 0 aliphatic carbocycles. The first kappa shape index (κ1) is 20.9. The lowest BCUT2D eigenvalue weighted by atomic mass is 9.95. The molecule has 4 aromatic rings. The van der Waals surface area contributed by atoms with Gasteiger partial charge in [-0.05, 0) is 76.0 Å². The zero-order valence-electron chi connectivity index (χ0n) is 18.4. The van der Waals surface area contributed by atoms with Gasteiger partial charge in [-0.15, -0.1) is 0 Å². The first-order chi connectivity index (χ1) is 15.5. The van der Waals surface area contributed by atoms with E-state index >= 15 is 4.39 Å². The second kappa shape index (κ2) is 8.50. The van der Waals surface area contributed by atoms with Crippen LogP contribution in [-0.2, 0) is 0 Å². The molecule has 1 saturated heterocycles. The number of alkyl halides is 1. The van der Waals surface area contributed by atoms with E-state index in [9.17, 15) is 4.39 Å². The molecule has 0 amide bonds. The number of halogens is 2. The predicted octanol–water partition coefficient (Wildman–Crippen LogP) is 4.63. The number of rotatable bonds is 4. The highest BCUT2D eigenvalue weighted by Crippen LogP contribution is 2.31. The van der Waals surface area contributed by atoms with Crippen LogP contribution in [0.15, 0.2) is 30.5 Å². The molecule has 0 saturated carbocycles. The second-order valence-electron chi connectivity index (χ2n) is 8.68. The van der Waals surface area contributed by atoms with Crippen molar-refractivity contribution in [3.05, 3.63) is 53.2 Å². The quantitative estimate of drug-likeness (QED) is 0.467. The van der Waals surface area contributed by atoms with E-state index in [2.05, 4.69) is 25.2 Å². The summed E-state index contributed by atoms with van der Waals surface area (Å²) in [5.74, 6) is -0.116. The standard InChI is InChI=1S/C24H26F2N6/c1-15-10-22(30-32-14-16(2)27-24(15)32)18-11-20(26)19-13-21(28-29-23(19)12-18)17-4-3-7-31(8-5-17)9-6-25/h10-14,17H,3-9H2,1-2H3. The highest BCUT2D eigenvalue weighted by molar-refractivity contribution is 5.84. The molecular formula is C24H26F2N6. The summed E-state index contributed by atoms with van der Waals surface area (Å²) in [4.78, 5) is 6.62. The lowest BCUT2D eigenvalue weighted by molar-refractivity contribution is 0.256. The molecule has 0 bridgehead atoms. The van der Waals surface area contributed by atoms with Crippen LogP contribution < -0.4 is 0 Å². The van der Waals surface area contributed by atoms with E-state index < -0.39 is 0 Å². The van der Waals surface area contributed by atoms with Crippen LogP contribution in [0, 0.1) is 19.7 Å². The molecule has 166 valence electrons. The average Bonchev–Trinajstić information content (AvgIpc) is 3.00. The van der Waals surface area contributed by atoms with Crippen molar-refractivity contribution in [3.63, 3.8) is 0 Å². The Morgan fingerprint density at radius 3 is 2.78 bits per heavy atom. The maximum Gasteiger partial charge on any atom is 0.156 e. The number of hydrogen-bond acceptors (Lipinski definition) is 5. The van der Waals surface area contributed by atoms with Gasteiger partial charge in [0.15, 0.2) is 5.65 Å². The molecule has 1 atom stereocenters. The molecule has 32 heavy (non-hydrogen) atoms. The normalized spacial score (nSPS) is 17.8. The Labute approximate surface area is 185 Å². The lowest BCUT2D eigenvalue weighted by Crippen LogP contribution is -2.26. The summed E-state index contributed by atoms with van der Waals surface area (Å²) in [6.45, 7) is 5.77. The monoisotopic (exact) mass is 436 g/mol. The van der Waals surface area contributed by atoms with Gasteiger partial charge in [0.1, 0.15) is 12.5 Å². The van der Waals surface area contributed by atoms with Crippen LogP contribution in [0.5, 0.6) is 0 Å². The van der Waals surface area contributed by atoms with Crippen LogP contribution in [0.4, 0.5) is 8.78 Å². The zero-order valence-corrected chi connectivity index (χ0v) is 18.4. The maximum absolute atomic E-state index is 15.2. The van der Waals surface area contributed by atoms with E-state index in [1.165, 1.54) is 6.07 Å². The third-order valence-electron chi connectivity index (χ3n) is 6.34. The van der Waals surface area contributed by atoms with E-state index in [0.29, 0.717) is 28.7 Å². The van der Waals surface area contributed by atoms with Gasteiger partial charge >= 0.3 is 0 Å². The SMILES string of the molecule is Cc1cn2nc(-c3cc(F)c4cc(C5CCCN(CCF)CC5)nnc4c3)cc(C)c2n1. The summed E-state index contributed by atoms with van der Waals surface area (Å²) >= 11 is 0. The minimum Gasteiger partial charge on any atom is -0.301 e. The highest BCUT2D eigenvalue weighted by Gasteiger charge is 2.21. The van der Waals surface area contributed by atoms with Crippen molar-refractivity contribution >= 4 is 16.6 Å². The first-order valence-corrected chi connectivity index (χ1v) is 11.1. The van der Waals surface area contributed by atoms with Crippen molar-refractivity contribution in [3.8, 4) is 11.3 Å². The second-order valence-corrected chi connectivity index (χ2v) is 8.68. The fraction of sp³-hybridized carbons (Fsp3) is 0.417. The van der Waals surface area contributed by atoms with Gasteiger partial charge in [0, 0.05) is 23.4 Å². The molecule has 1 aliphatic heterocycles. The number of aromatic nitrogens is 5. The van der Waals surface area contributed by atoms with Crippen LogP contribution in [0.25, 0.3) is 27.8 Å². The molecule has 6 nitrogen and oxygen atoms in total. The maximum atomic E-state index is 15.2. The average molecular weight is 437 g/mol. The molecular weight excluding hydrogens is 410 g/mol. The molecule has 4 heterocycles. The smallest absolute Gasteiger partial charge is 0.156 e. The number of benzene rings is 1. The van der Waals surface area contributed by atoms with Crippen molar-refractivity contribution < 1.29 is 8.78 Å². The summed E-state index contributed by atoms with van der Waals surface area (Å²) in [6.07, 6.45) is 4.67. The van der Waals surface area contributed by atoms with Gasteiger partial charge in [-0.25, -0.2) is 18.3 Å². The summed E-state index contributed by atoms with van der Waals surface area (Å²) in [5, 5.41) is 13.9. The third kappa shape index (κ3) is 3.95. The lowest BCUT2D eigenvalue weighted by Gasteiger charge is -2.18. The van der Waals surface area contributed by atoms with Crippen molar-refractivity contribution in [1.29, 1.82) is 0 Å². The molecule has 1 fully saturated rings. The highest BCUT2D eigenvalue weighted by atomic mass is 19.1. The molecule has 5 rings (SSSR count). The van der Waals surface area contributed by atoms with E-state index in [1.807, 2.05) is 38.2 Å². The summed E-state index contributed by atoms with van der Waals surface area (Å²) < 4.78 is 29.6. The van der Waals surface area contributed by atoms with Crippen molar-refractivity contribution in [1.82, 2.24) is 29.7 Å². The number of aryl methyl sites for hydroxylation is 2. The van der Waals surface area contributed by atoms with Crippen LogP contribution in [-0.4, -0.2) is 56.0 Å². The summed E-state index contributed by atoms with van der Waals surface area (Å²) in [5.41, 5.74) is 5.30. The molecule has 0 N–H and O–H groups in total. The number of nitrogens with zero attached hydrogens (tertiary/aromatic N) is 6. The topological polar surface area (TPSA) is 59.2 Å². The zero-order chi connectivity index (χ0) is 22.2. The van der Waals surface area contributed by atoms with Crippen molar-refractivity contribution in [2.45, 2.75) is 39.0 Å². The molecule has 1 aromatic carbocycles. The van der Waals surface area contributed by atoms with Crippen molar-refractivity contribution in [2.75, 3.05) is 26.3 Å². The van der Waals surface area contributed by atoms with Crippen LogP contribution >= 0.6 is 0 Å². The van der Waals surface area contributed by atoms with Gasteiger partial charge in [-0.2, -0.15) is 15.3 Å². The Balaban J connectivity index is 1.47. The van der Waals surface area contributed by atoms with Gasteiger partial charge in [-0.3, -0.25) is 0 Å². The van der Waals surface area contributed by atoms with Crippen LogP contribution in [0.3, 0.4) is 0 Å². The van der Waals surface area contributed by atoms with E-state index in [-0.39, 0.29) is 18.4 Å². The Bertz CT molecular complexity index is 1280. The van der Waals surface area contributed by atoms with Crippen LogP contribution in [0.2, 0.25) is 0 Å². The molecule has 1 aliphatic rings. The third-order valence-corrected chi connectivity index (χ3v) is 6.34.